The quantitative estimate of drug-likeness (QED) is 0.0781. The third-order valence-electron chi connectivity index (χ3n) is 6.87. The van der Waals surface area contributed by atoms with Crippen LogP contribution in [0.2, 0.25) is 0 Å². The van der Waals surface area contributed by atoms with Gasteiger partial charge in [0.1, 0.15) is 0 Å². The first-order valence-electron chi connectivity index (χ1n) is 13.1. The molecule has 0 aliphatic heterocycles. The van der Waals surface area contributed by atoms with Gasteiger partial charge in [0.2, 0.25) is 11.7 Å². The van der Waals surface area contributed by atoms with Gasteiger partial charge in [0.05, 0.1) is 11.3 Å². The highest BCUT2D eigenvalue weighted by molar-refractivity contribution is 7.17. The number of thiophene rings is 1. The molecule has 0 aliphatic rings. The van der Waals surface area contributed by atoms with Gasteiger partial charge in [0.25, 0.3) is 0 Å². The Hall–Kier alpha value is -4.04. The average Bonchev–Trinajstić information content (AvgIpc) is 3.57. The highest BCUT2D eigenvalue weighted by Crippen LogP contribution is 2.35. The Morgan fingerprint density at radius 3 is 2.26 bits per heavy atom. The van der Waals surface area contributed by atoms with E-state index in [0.29, 0.717) is 22.5 Å². The van der Waals surface area contributed by atoms with Gasteiger partial charge in [0, 0.05) is 33.6 Å². The Morgan fingerprint density at radius 2 is 1.56 bits per heavy atom. The lowest BCUT2D eigenvalue weighted by molar-refractivity contribution is -0.128. The van der Waals surface area contributed by atoms with E-state index in [1.165, 1.54) is 11.3 Å². The topological polar surface area (TPSA) is 97.4 Å². The van der Waals surface area contributed by atoms with Gasteiger partial charge in [-0.3, -0.25) is 14.8 Å². The second-order valence-corrected chi connectivity index (χ2v) is 10.6. The average molecular weight is 538 g/mol. The number of aromatic nitrogens is 1. The molecule has 0 saturated heterocycles. The van der Waals surface area contributed by atoms with E-state index in [2.05, 4.69) is 22.8 Å². The molecule has 2 aromatic heterocycles. The van der Waals surface area contributed by atoms with Crippen molar-refractivity contribution in [1.29, 1.82) is 0 Å². The van der Waals surface area contributed by atoms with Crippen LogP contribution in [0.4, 0.5) is 0 Å². The second kappa shape index (κ2) is 12.2. The first-order valence-corrected chi connectivity index (χ1v) is 13.9. The van der Waals surface area contributed by atoms with Gasteiger partial charge in [-0.25, -0.2) is 5.48 Å². The molecular formula is C32H31N3O3S. The van der Waals surface area contributed by atoms with E-state index in [9.17, 15) is 9.59 Å². The number of ketones is 1. The maximum absolute atomic E-state index is 13.8. The first-order chi connectivity index (χ1) is 19.1. The fraction of sp³-hybridized carbons (Fsp3) is 0.188. The van der Waals surface area contributed by atoms with Crippen LogP contribution in [0, 0.1) is 0 Å². The number of hydroxylamine groups is 1. The molecular weight excluding hydrogens is 506 g/mol. The van der Waals surface area contributed by atoms with Crippen molar-refractivity contribution >= 4 is 33.9 Å². The molecule has 3 aromatic carbocycles. The van der Waals surface area contributed by atoms with Gasteiger partial charge in [-0.15, -0.1) is 11.3 Å². The molecule has 39 heavy (non-hydrogen) atoms. The van der Waals surface area contributed by atoms with Crippen molar-refractivity contribution in [2.75, 3.05) is 6.54 Å². The summed E-state index contributed by atoms with van der Waals surface area (Å²) < 4.78 is 2.30. The third-order valence-corrected chi connectivity index (χ3v) is 8.09. The molecule has 5 aromatic rings. The van der Waals surface area contributed by atoms with Crippen LogP contribution in [0.5, 0.6) is 0 Å². The fourth-order valence-corrected chi connectivity index (χ4v) is 6.08. The van der Waals surface area contributed by atoms with Gasteiger partial charge < -0.3 is 10.3 Å². The highest BCUT2D eigenvalue weighted by Gasteiger charge is 2.20. The number of rotatable bonds is 11. The Morgan fingerprint density at radius 1 is 0.846 bits per heavy atom. The number of carbonyl (C=O) groups is 2. The minimum atomic E-state index is -0.522. The molecule has 0 fully saturated rings. The van der Waals surface area contributed by atoms with Crippen LogP contribution in [0.1, 0.15) is 40.1 Å². The Balaban J connectivity index is 1.54. The van der Waals surface area contributed by atoms with Crippen molar-refractivity contribution in [3.8, 4) is 21.7 Å². The molecule has 7 heteroatoms. The molecule has 0 atom stereocenters. The van der Waals surface area contributed by atoms with E-state index >= 15 is 0 Å². The summed E-state index contributed by atoms with van der Waals surface area (Å²) in [6.07, 6.45) is 3.02. The molecule has 0 unspecified atom stereocenters. The summed E-state index contributed by atoms with van der Waals surface area (Å²) in [6.45, 7) is 1.52. The first kappa shape index (κ1) is 26.6. The zero-order valence-electron chi connectivity index (χ0n) is 21.6. The van der Waals surface area contributed by atoms with E-state index < -0.39 is 5.91 Å². The minimum absolute atomic E-state index is 0.0182. The van der Waals surface area contributed by atoms with Gasteiger partial charge in [-0.05, 0) is 54.3 Å². The monoisotopic (exact) mass is 537 g/mol. The zero-order chi connectivity index (χ0) is 27.2. The summed E-state index contributed by atoms with van der Waals surface area (Å²) in [5, 5.41) is 10.2. The van der Waals surface area contributed by atoms with Crippen molar-refractivity contribution < 1.29 is 14.8 Å². The summed E-state index contributed by atoms with van der Waals surface area (Å²) >= 11 is 1.37. The van der Waals surface area contributed by atoms with Crippen LogP contribution < -0.4 is 11.2 Å². The Labute approximate surface area is 231 Å². The Kier molecular flexibility index (Phi) is 8.32. The predicted octanol–water partition coefficient (Wildman–Crippen LogP) is 6.44. The van der Waals surface area contributed by atoms with Crippen LogP contribution in [-0.4, -0.2) is 28.0 Å². The lowest BCUT2D eigenvalue weighted by Crippen LogP contribution is -2.20. The smallest absolute Gasteiger partial charge is 0.247 e. The number of carbonyl (C=O) groups excluding carboxylic acids is 2. The molecule has 0 radical (unpaired) electrons. The van der Waals surface area contributed by atoms with E-state index in [1.807, 2.05) is 66.7 Å². The number of hydrogen-bond donors (Lipinski definition) is 3. The van der Waals surface area contributed by atoms with E-state index in [1.54, 1.807) is 11.5 Å². The van der Waals surface area contributed by atoms with Crippen LogP contribution in [0.25, 0.3) is 32.6 Å². The Bertz CT molecular complexity index is 1590. The molecule has 2 heterocycles. The fourth-order valence-electron chi connectivity index (χ4n) is 4.94. The molecule has 0 bridgehead atoms. The van der Waals surface area contributed by atoms with Crippen molar-refractivity contribution in [2.45, 2.75) is 32.2 Å². The number of nitrogens with zero attached hydrogens (tertiary/aromatic N) is 1. The summed E-state index contributed by atoms with van der Waals surface area (Å²) in [5.74, 6) is -0.613. The summed E-state index contributed by atoms with van der Waals surface area (Å²) in [4.78, 5) is 27.2. The molecule has 0 saturated carbocycles. The van der Waals surface area contributed by atoms with Crippen molar-refractivity contribution in [3.63, 3.8) is 0 Å². The summed E-state index contributed by atoms with van der Waals surface area (Å²) in [6, 6.07) is 29.8. The summed E-state index contributed by atoms with van der Waals surface area (Å²) in [7, 11) is 0. The van der Waals surface area contributed by atoms with E-state index in [0.717, 1.165) is 58.4 Å². The van der Waals surface area contributed by atoms with Crippen molar-refractivity contribution in [1.82, 2.24) is 10.0 Å². The number of unbranched alkanes of at least 4 members (excludes halogenated alkanes) is 2. The number of nitrogens with one attached hydrogen (secondary N) is 1. The SMILES string of the molecule is NCCCCCn1c(-c2ccccc2)cc2ccc(C(=O)c3cc(CC(=O)NO)c(-c4ccccc4)s3)cc21. The van der Waals surface area contributed by atoms with Crippen molar-refractivity contribution in [3.05, 3.63) is 107 Å². The maximum atomic E-state index is 13.8. The largest absolute Gasteiger partial charge is 0.340 e. The summed E-state index contributed by atoms with van der Waals surface area (Å²) in [5.41, 5.74) is 12.9. The minimum Gasteiger partial charge on any atom is -0.340 e. The van der Waals surface area contributed by atoms with Crippen LogP contribution in [-0.2, 0) is 17.8 Å². The molecule has 0 spiro atoms. The molecule has 0 aliphatic carbocycles. The predicted molar refractivity (Wildman–Crippen MR) is 157 cm³/mol. The van der Waals surface area contributed by atoms with Crippen LogP contribution in [0.15, 0.2) is 91.0 Å². The maximum Gasteiger partial charge on any atom is 0.247 e. The van der Waals surface area contributed by atoms with Crippen LogP contribution >= 0.6 is 11.3 Å². The lowest BCUT2D eigenvalue weighted by atomic mass is 10.0. The van der Waals surface area contributed by atoms with Gasteiger partial charge in [-0.2, -0.15) is 0 Å². The normalized spacial score (nSPS) is 11.1. The second-order valence-electron chi connectivity index (χ2n) is 9.54. The molecule has 6 nitrogen and oxygen atoms in total. The van der Waals surface area contributed by atoms with Gasteiger partial charge in [-0.1, -0.05) is 79.2 Å². The third kappa shape index (κ3) is 5.86. The van der Waals surface area contributed by atoms with Crippen LogP contribution in [0.3, 0.4) is 0 Å². The number of aryl methyl sites for hydroxylation is 1. The number of nitrogens with two attached hydrogens (primary N) is 1. The lowest BCUT2D eigenvalue weighted by Gasteiger charge is -2.11. The number of fused-ring (bicyclic) bond motifs is 1. The highest BCUT2D eigenvalue weighted by atomic mass is 32.1. The van der Waals surface area contributed by atoms with Gasteiger partial charge >= 0.3 is 0 Å². The standard InChI is InChI=1S/C32H31N3O3S/c33-16-8-3-9-17-35-27(22-10-4-1-5-11-22)18-24-14-15-25(19-28(24)35)31(37)29-20-26(21-30(36)34-38)32(39-29)23-12-6-2-7-13-23/h1-2,4-7,10-15,18-20,38H,3,8-9,16-17,21,33H2,(H,34,36). The van der Waals surface area contributed by atoms with E-state index in [4.69, 9.17) is 10.9 Å². The molecule has 4 N–H and O–H groups in total. The number of hydrogen-bond acceptors (Lipinski definition) is 5. The van der Waals surface area contributed by atoms with Gasteiger partial charge in [0.15, 0.2) is 0 Å². The number of amides is 1. The van der Waals surface area contributed by atoms with E-state index in [-0.39, 0.29) is 12.2 Å². The molecule has 5 rings (SSSR count). The molecule has 198 valence electrons. The molecule has 1 amide bonds. The zero-order valence-corrected chi connectivity index (χ0v) is 22.4. The number of benzene rings is 3. The van der Waals surface area contributed by atoms with Crippen molar-refractivity contribution in [2.24, 2.45) is 5.73 Å².